The Morgan fingerprint density at radius 1 is 0.438 bits per heavy atom. The molecular weight excluding hydrogens is 392 g/mol. The fraction of sp³-hybridized carbons (Fsp3) is 0. The van der Waals surface area contributed by atoms with Crippen molar-refractivity contribution < 1.29 is 9.59 Å². The Balaban J connectivity index is 1.67. The van der Waals surface area contributed by atoms with E-state index in [0.717, 1.165) is 43.3 Å². The van der Waals surface area contributed by atoms with Crippen molar-refractivity contribution in [1.82, 2.24) is 0 Å². The second-order valence-electron chi connectivity index (χ2n) is 8.50. The van der Waals surface area contributed by atoms with Crippen molar-refractivity contribution in [3.05, 3.63) is 102 Å². The van der Waals surface area contributed by atoms with Gasteiger partial charge in [0, 0.05) is 5.56 Å². The predicted octanol–water partition coefficient (Wildman–Crippen LogP) is 7.23. The van der Waals surface area contributed by atoms with Crippen LogP contribution in [0, 0.1) is 0 Å². The summed E-state index contributed by atoms with van der Waals surface area (Å²) in [6, 6.07) is 29.6. The average Bonchev–Trinajstić information content (AvgIpc) is 2.82. The quantitative estimate of drug-likeness (QED) is 0.151. The standard InChI is InChI=1S/C30H16O2/c31-28-10-9-25-23-7-3-4-8-24(23)26-15-21-13-19-11-17-5-1-2-6-18(17)12-20(19)14-22(21)16-27(26)29(25)30(28)32/h1-16H. The van der Waals surface area contributed by atoms with Crippen LogP contribution in [0.15, 0.2) is 91.0 Å². The third-order valence-electron chi connectivity index (χ3n) is 6.69. The lowest BCUT2D eigenvalue weighted by molar-refractivity contribution is -0.110. The highest BCUT2D eigenvalue weighted by Gasteiger charge is 2.26. The van der Waals surface area contributed by atoms with E-state index in [9.17, 15) is 9.59 Å². The molecule has 0 radical (unpaired) electrons. The normalized spacial score (nSPS) is 13.6. The van der Waals surface area contributed by atoms with E-state index in [1.807, 2.05) is 18.2 Å². The maximum Gasteiger partial charge on any atom is 0.234 e. The van der Waals surface area contributed by atoms with Crippen molar-refractivity contribution in [2.45, 2.75) is 0 Å². The molecule has 0 amide bonds. The lowest BCUT2D eigenvalue weighted by atomic mass is 9.84. The van der Waals surface area contributed by atoms with E-state index in [1.165, 1.54) is 22.2 Å². The van der Waals surface area contributed by atoms with E-state index in [2.05, 4.69) is 66.7 Å². The van der Waals surface area contributed by atoms with Gasteiger partial charge in [0.15, 0.2) is 0 Å². The zero-order chi connectivity index (χ0) is 21.4. The highest BCUT2D eigenvalue weighted by molar-refractivity contribution is 6.53. The lowest BCUT2D eigenvalue weighted by Crippen LogP contribution is -2.17. The smallest absolute Gasteiger partial charge is 0.234 e. The van der Waals surface area contributed by atoms with Crippen molar-refractivity contribution in [3.8, 4) is 0 Å². The molecule has 0 fully saturated rings. The van der Waals surface area contributed by atoms with Crippen LogP contribution in [0.1, 0.15) is 15.9 Å². The van der Waals surface area contributed by atoms with E-state index < -0.39 is 11.6 Å². The highest BCUT2D eigenvalue weighted by atomic mass is 16.2. The highest BCUT2D eigenvalue weighted by Crippen LogP contribution is 2.39. The molecule has 6 aromatic carbocycles. The molecule has 148 valence electrons. The Morgan fingerprint density at radius 2 is 0.969 bits per heavy atom. The first kappa shape index (κ1) is 17.4. The fourth-order valence-corrected chi connectivity index (χ4v) is 5.18. The van der Waals surface area contributed by atoms with Gasteiger partial charge in [0.1, 0.15) is 0 Å². The van der Waals surface area contributed by atoms with Crippen molar-refractivity contribution in [1.29, 1.82) is 0 Å². The maximum atomic E-state index is 13.0. The summed E-state index contributed by atoms with van der Waals surface area (Å²) >= 11 is 0. The van der Waals surface area contributed by atoms with E-state index in [-0.39, 0.29) is 0 Å². The molecule has 0 spiro atoms. The summed E-state index contributed by atoms with van der Waals surface area (Å²) < 4.78 is 0. The molecule has 32 heavy (non-hydrogen) atoms. The zero-order valence-electron chi connectivity index (χ0n) is 17.1. The molecule has 7 rings (SSSR count). The molecule has 2 heteroatoms. The van der Waals surface area contributed by atoms with Gasteiger partial charge in [-0.2, -0.15) is 0 Å². The molecule has 2 nitrogen and oxygen atoms in total. The van der Waals surface area contributed by atoms with Gasteiger partial charge in [-0.05, 0) is 108 Å². The van der Waals surface area contributed by atoms with Crippen molar-refractivity contribution in [3.63, 3.8) is 0 Å². The van der Waals surface area contributed by atoms with E-state index in [4.69, 9.17) is 0 Å². The van der Waals surface area contributed by atoms with Crippen LogP contribution in [0.3, 0.4) is 0 Å². The Labute approximate surface area is 183 Å². The summed E-state index contributed by atoms with van der Waals surface area (Å²) in [4.78, 5) is 25.2. The average molecular weight is 408 g/mol. The van der Waals surface area contributed by atoms with Gasteiger partial charge < -0.3 is 0 Å². The lowest BCUT2D eigenvalue weighted by Gasteiger charge is -2.17. The second-order valence-corrected chi connectivity index (χ2v) is 8.50. The predicted molar refractivity (Wildman–Crippen MR) is 132 cm³/mol. The number of hydrogen-bond donors (Lipinski definition) is 0. The van der Waals surface area contributed by atoms with Crippen LogP contribution in [0.2, 0.25) is 0 Å². The first-order valence-electron chi connectivity index (χ1n) is 10.7. The fourth-order valence-electron chi connectivity index (χ4n) is 5.18. The third kappa shape index (κ3) is 2.29. The van der Waals surface area contributed by atoms with Crippen LogP contribution >= 0.6 is 0 Å². The Hall–Kier alpha value is -4.30. The van der Waals surface area contributed by atoms with Crippen LogP contribution < -0.4 is 0 Å². The van der Waals surface area contributed by atoms with Gasteiger partial charge in [-0.1, -0.05) is 48.5 Å². The SMILES string of the molecule is O=C1C=Cc2c(c3cc4cc5cc6ccccc6cc5cc4cc3c3ccccc23)C1=O. The molecule has 0 aromatic heterocycles. The number of carbonyl (C=O) groups is 2. The number of ketones is 2. The minimum absolute atomic E-state index is 0.426. The molecule has 0 saturated carbocycles. The summed E-state index contributed by atoms with van der Waals surface area (Å²) in [7, 11) is 0. The summed E-state index contributed by atoms with van der Waals surface area (Å²) in [6.45, 7) is 0. The topological polar surface area (TPSA) is 34.1 Å². The summed E-state index contributed by atoms with van der Waals surface area (Å²) in [6.07, 6.45) is 3.18. The largest absolute Gasteiger partial charge is 0.286 e. The number of allylic oxidation sites excluding steroid dienone is 1. The van der Waals surface area contributed by atoms with E-state index in [1.54, 1.807) is 6.08 Å². The number of rotatable bonds is 0. The van der Waals surface area contributed by atoms with Gasteiger partial charge >= 0.3 is 0 Å². The molecular formula is C30H16O2. The van der Waals surface area contributed by atoms with Gasteiger partial charge in [0.25, 0.3) is 0 Å². The van der Waals surface area contributed by atoms with Crippen LogP contribution in [-0.4, -0.2) is 11.6 Å². The number of hydrogen-bond acceptors (Lipinski definition) is 2. The minimum Gasteiger partial charge on any atom is -0.286 e. The first-order chi connectivity index (χ1) is 15.7. The molecule has 0 N–H and O–H groups in total. The molecule has 0 atom stereocenters. The Kier molecular flexibility index (Phi) is 3.32. The summed E-state index contributed by atoms with van der Waals surface area (Å²) in [5.74, 6) is -0.886. The van der Waals surface area contributed by atoms with Gasteiger partial charge in [0.05, 0.1) is 0 Å². The molecule has 0 bridgehead atoms. The van der Waals surface area contributed by atoms with E-state index in [0.29, 0.717) is 5.56 Å². The maximum absolute atomic E-state index is 13.0. The molecule has 0 heterocycles. The van der Waals surface area contributed by atoms with Crippen LogP contribution in [0.25, 0.3) is 59.9 Å². The van der Waals surface area contributed by atoms with E-state index >= 15 is 0 Å². The molecule has 0 unspecified atom stereocenters. The monoisotopic (exact) mass is 408 g/mol. The second kappa shape index (κ2) is 6.12. The summed E-state index contributed by atoms with van der Waals surface area (Å²) in [5, 5.41) is 10.9. The van der Waals surface area contributed by atoms with Crippen molar-refractivity contribution in [2.24, 2.45) is 0 Å². The number of Topliss-reactive ketones (excluding diaryl/α,β-unsaturated/α-hetero) is 1. The molecule has 1 aliphatic carbocycles. The molecule has 6 aromatic rings. The number of fused-ring (bicyclic) bond motifs is 9. The van der Waals surface area contributed by atoms with Crippen molar-refractivity contribution >= 4 is 71.5 Å². The Bertz CT molecular complexity index is 1850. The minimum atomic E-state index is -0.459. The summed E-state index contributed by atoms with van der Waals surface area (Å²) in [5.41, 5.74) is 1.36. The van der Waals surface area contributed by atoms with Gasteiger partial charge in [-0.3, -0.25) is 9.59 Å². The van der Waals surface area contributed by atoms with Gasteiger partial charge in [-0.15, -0.1) is 0 Å². The third-order valence-corrected chi connectivity index (χ3v) is 6.69. The van der Waals surface area contributed by atoms with Gasteiger partial charge in [-0.25, -0.2) is 0 Å². The molecule has 0 saturated heterocycles. The zero-order valence-corrected chi connectivity index (χ0v) is 17.1. The van der Waals surface area contributed by atoms with Gasteiger partial charge in [0.2, 0.25) is 11.6 Å². The van der Waals surface area contributed by atoms with Crippen molar-refractivity contribution in [2.75, 3.05) is 0 Å². The number of carbonyl (C=O) groups excluding carboxylic acids is 2. The van der Waals surface area contributed by atoms with Crippen LogP contribution in [0.5, 0.6) is 0 Å². The molecule has 1 aliphatic rings. The number of benzene rings is 6. The van der Waals surface area contributed by atoms with Crippen LogP contribution in [-0.2, 0) is 4.79 Å². The Morgan fingerprint density at radius 3 is 1.66 bits per heavy atom. The molecule has 0 aliphatic heterocycles. The van der Waals surface area contributed by atoms with Crippen LogP contribution in [0.4, 0.5) is 0 Å². The first-order valence-corrected chi connectivity index (χ1v) is 10.7.